The van der Waals surface area contributed by atoms with E-state index in [-0.39, 0.29) is 12.0 Å². The minimum absolute atomic E-state index is 0.177. The van der Waals surface area contributed by atoms with E-state index in [9.17, 15) is 4.79 Å². The lowest BCUT2D eigenvalue weighted by Crippen LogP contribution is -2.34. The molecule has 0 atom stereocenters. The van der Waals surface area contributed by atoms with Gasteiger partial charge in [0, 0.05) is 29.9 Å². The maximum atomic E-state index is 12.9. The number of hydrogen-bond donors (Lipinski definition) is 2. The molecule has 0 radical (unpaired) electrons. The largest absolute Gasteiger partial charge is 0.490 e. The van der Waals surface area contributed by atoms with Crippen molar-refractivity contribution < 1.29 is 9.53 Å². The summed E-state index contributed by atoms with van der Waals surface area (Å²) in [6.07, 6.45) is 9.31. The lowest BCUT2D eigenvalue weighted by atomic mass is 10.1. The number of piperidine rings is 1. The van der Waals surface area contributed by atoms with Crippen LogP contribution in [-0.4, -0.2) is 42.0 Å². The molecule has 0 unspecified atom stereocenters. The lowest BCUT2D eigenvalue weighted by molar-refractivity contribution is 0.102. The zero-order valence-electron chi connectivity index (χ0n) is 19.5. The number of ether oxygens (including phenoxy) is 1. The Labute approximate surface area is 200 Å². The van der Waals surface area contributed by atoms with Crippen LogP contribution in [0.5, 0.6) is 5.75 Å². The van der Waals surface area contributed by atoms with E-state index >= 15 is 0 Å². The predicted molar refractivity (Wildman–Crippen MR) is 139 cm³/mol. The second-order valence-corrected chi connectivity index (χ2v) is 8.26. The molecule has 6 nitrogen and oxygen atoms in total. The Morgan fingerprint density at radius 3 is 2.71 bits per heavy atom. The third kappa shape index (κ3) is 5.53. The molecule has 1 fully saturated rings. The maximum Gasteiger partial charge on any atom is 0.256 e. The molecule has 1 aromatic heterocycles. The molecule has 2 N–H and O–H groups in total. The fourth-order valence-corrected chi connectivity index (χ4v) is 4.00. The van der Waals surface area contributed by atoms with Crippen molar-refractivity contribution in [2.75, 3.05) is 25.5 Å². The van der Waals surface area contributed by atoms with Gasteiger partial charge in [-0.2, -0.15) is 0 Å². The fraction of sp³-hybridized carbons (Fsp3) is 0.214. The number of amides is 1. The van der Waals surface area contributed by atoms with Crippen molar-refractivity contribution in [2.45, 2.75) is 18.9 Å². The fourth-order valence-electron chi connectivity index (χ4n) is 4.00. The highest BCUT2D eigenvalue weighted by Crippen LogP contribution is 2.25. The molecule has 0 aliphatic carbocycles. The Kier molecular flexibility index (Phi) is 7.40. The molecule has 2 aromatic carbocycles. The van der Waals surface area contributed by atoms with Gasteiger partial charge in [-0.25, -0.2) is 4.98 Å². The molecule has 0 bridgehead atoms. The number of carbonyl (C=O) groups is 1. The predicted octanol–water partition coefficient (Wildman–Crippen LogP) is 5.22. The lowest BCUT2D eigenvalue weighted by Gasteiger charge is -2.24. The average Bonchev–Trinajstić information content (AvgIpc) is 2.87. The van der Waals surface area contributed by atoms with Crippen molar-refractivity contribution in [3.63, 3.8) is 0 Å². The molecule has 0 saturated carbocycles. The van der Waals surface area contributed by atoms with E-state index in [1.54, 1.807) is 30.6 Å². The molecular weight excluding hydrogens is 424 g/mol. The summed E-state index contributed by atoms with van der Waals surface area (Å²) in [5.74, 6) is 0.978. The van der Waals surface area contributed by atoms with Gasteiger partial charge in [0.05, 0.1) is 0 Å². The number of nitrogens with zero attached hydrogens (tertiary/aromatic N) is 2. The van der Waals surface area contributed by atoms with Crippen LogP contribution in [0.2, 0.25) is 0 Å². The molecule has 1 aliphatic heterocycles. The summed E-state index contributed by atoms with van der Waals surface area (Å²) in [5.41, 5.74) is 2.52. The molecule has 0 spiro atoms. The standard InChI is InChI=1S/C28H30N4O2/c1-4-7-26(32(3)5-2)20-10-11-22-19-30-27(18-23(22)16-20)31-28(33)21-8-6-9-25(17-21)34-24-12-14-29-15-13-24/h4-11,16-19,24,29H,1-2,12-15H2,3H3,(H,30,31,33)/b26-7-. The Bertz CT molecular complexity index is 1230. The van der Waals surface area contributed by atoms with E-state index in [1.807, 2.05) is 48.4 Å². The van der Waals surface area contributed by atoms with Crippen LogP contribution < -0.4 is 15.4 Å². The molecule has 174 valence electrons. The van der Waals surface area contributed by atoms with Crippen LogP contribution in [-0.2, 0) is 0 Å². The van der Waals surface area contributed by atoms with Gasteiger partial charge in [-0.1, -0.05) is 37.4 Å². The van der Waals surface area contributed by atoms with E-state index < -0.39 is 0 Å². The van der Waals surface area contributed by atoms with Crippen LogP contribution >= 0.6 is 0 Å². The van der Waals surface area contributed by atoms with E-state index in [0.29, 0.717) is 17.1 Å². The van der Waals surface area contributed by atoms with Gasteiger partial charge in [0.15, 0.2) is 0 Å². The van der Waals surface area contributed by atoms with Crippen LogP contribution in [0.4, 0.5) is 5.82 Å². The summed E-state index contributed by atoms with van der Waals surface area (Å²) in [7, 11) is 1.94. The van der Waals surface area contributed by atoms with Gasteiger partial charge in [-0.15, -0.1) is 0 Å². The van der Waals surface area contributed by atoms with Crippen LogP contribution in [0, 0.1) is 0 Å². The molecule has 1 amide bonds. The minimum Gasteiger partial charge on any atom is -0.490 e. The normalized spacial score (nSPS) is 14.4. The number of fused-ring (bicyclic) bond motifs is 1. The molecule has 6 heteroatoms. The molecule has 2 heterocycles. The first-order chi connectivity index (χ1) is 16.6. The smallest absolute Gasteiger partial charge is 0.256 e. The highest BCUT2D eigenvalue weighted by Gasteiger charge is 2.16. The van der Waals surface area contributed by atoms with Crippen molar-refractivity contribution in [3.05, 3.63) is 97.4 Å². The Balaban J connectivity index is 1.53. The van der Waals surface area contributed by atoms with Gasteiger partial charge in [0.1, 0.15) is 17.7 Å². The number of allylic oxidation sites excluding steroid dienone is 2. The van der Waals surface area contributed by atoms with E-state index in [4.69, 9.17) is 4.74 Å². The van der Waals surface area contributed by atoms with Gasteiger partial charge in [-0.3, -0.25) is 4.79 Å². The first-order valence-corrected chi connectivity index (χ1v) is 11.4. The SMILES string of the molecule is C=C/C=C(/c1ccc2cnc(NC(=O)c3cccc(OC4CCNCC4)c3)cc2c1)N(C)C=C. The summed E-state index contributed by atoms with van der Waals surface area (Å²) in [4.78, 5) is 19.3. The number of aromatic nitrogens is 1. The van der Waals surface area contributed by atoms with Crippen LogP contribution in [0.15, 0.2) is 86.2 Å². The summed E-state index contributed by atoms with van der Waals surface area (Å²) in [6, 6.07) is 15.3. The zero-order chi connectivity index (χ0) is 23.9. The summed E-state index contributed by atoms with van der Waals surface area (Å²) < 4.78 is 6.08. The first kappa shape index (κ1) is 23.3. The van der Waals surface area contributed by atoms with Gasteiger partial charge >= 0.3 is 0 Å². The van der Waals surface area contributed by atoms with Crippen molar-refractivity contribution in [1.82, 2.24) is 15.2 Å². The number of benzene rings is 2. The van der Waals surface area contributed by atoms with Crippen molar-refractivity contribution >= 4 is 28.2 Å². The Morgan fingerprint density at radius 2 is 1.94 bits per heavy atom. The maximum absolute atomic E-state index is 12.9. The minimum atomic E-state index is -0.225. The van der Waals surface area contributed by atoms with Crippen LogP contribution in [0.1, 0.15) is 28.8 Å². The Morgan fingerprint density at radius 1 is 1.12 bits per heavy atom. The summed E-state index contributed by atoms with van der Waals surface area (Å²) >= 11 is 0. The van der Waals surface area contributed by atoms with E-state index in [0.717, 1.165) is 48.0 Å². The van der Waals surface area contributed by atoms with Crippen molar-refractivity contribution in [1.29, 1.82) is 0 Å². The number of nitrogens with one attached hydrogen (secondary N) is 2. The number of pyridine rings is 1. The average molecular weight is 455 g/mol. The third-order valence-electron chi connectivity index (χ3n) is 5.87. The zero-order valence-corrected chi connectivity index (χ0v) is 19.5. The molecule has 1 aliphatic rings. The number of hydrogen-bond acceptors (Lipinski definition) is 5. The van der Waals surface area contributed by atoms with E-state index in [2.05, 4.69) is 34.8 Å². The van der Waals surface area contributed by atoms with Gasteiger partial charge in [-0.05, 0) is 79.5 Å². The first-order valence-electron chi connectivity index (χ1n) is 11.4. The monoisotopic (exact) mass is 454 g/mol. The number of carbonyl (C=O) groups excluding carboxylic acids is 1. The number of rotatable bonds is 8. The second kappa shape index (κ2) is 10.8. The topological polar surface area (TPSA) is 66.5 Å². The molecule has 4 rings (SSSR count). The van der Waals surface area contributed by atoms with Gasteiger partial charge in [0.2, 0.25) is 0 Å². The van der Waals surface area contributed by atoms with Crippen LogP contribution in [0.25, 0.3) is 16.5 Å². The molecular formula is C28H30N4O2. The second-order valence-electron chi connectivity index (χ2n) is 8.26. The summed E-state index contributed by atoms with van der Waals surface area (Å²) in [5, 5.41) is 8.20. The molecule has 34 heavy (non-hydrogen) atoms. The van der Waals surface area contributed by atoms with Gasteiger partial charge in [0.25, 0.3) is 5.91 Å². The van der Waals surface area contributed by atoms with Crippen molar-refractivity contribution in [3.8, 4) is 5.75 Å². The van der Waals surface area contributed by atoms with Crippen molar-refractivity contribution in [2.24, 2.45) is 0 Å². The molecule has 1 saturated heterocycles. The van der Waals surface area contributed by atoms with Crippen LogP contribution in [0.3, 0.4) is 0 Å². The summed E-state index contributed by atoms with van der Waals surface area (Å²) in [6.45, 7) is 9.57. The van der Waals surface area contributed by atoms with E-state index in [1.165, 1.54) is 0 Å². The highest BCUT2D eigenvalue weighted by molar-refractivity contribution is 6.04. The van der Waals surface area contributed by atoms with Gasteiger partial charge < -0.3 is 20.3 Å². The quantitative estimate of drug-likeness (QED) is 0.457. The third-order valence-corrected chi connectivity index (χ3v) is 5.87. The Hall–Kier alpha value is -3.90. The molecule has 3 aromatic rings. The number of anilines is 1. The highest BCUT2D eigenvalue weighted by atomic mass is 16.5.